The summed E-state index contributed by atoms with van der Waals surface area (Å²) in [5.41, 5.74) is 2.62. The third kappa shape index (κ3) is 2.16. The van der Waals surface area contributed by atoms with Crippen LogP contribution in [0.1, 0.15) is 56.6 Å². The molecule has 1 aromatic heterocycles. The fourth-order valence-corrected chi connectivity index (χ4v) is 3.91. The van der Waals surface area contributed by atoms with Gasteiger partial charge in [0.05, 0.1) is 12.2 Å². The second-order valence-electron chi connectivity index (χ2n) is 7.52. The van der Waals surface area contributed by atoms with Crippen molar-refractivity contribution in [3.63, 3.8) is 0 Å². The molecule has 2 fully saturated rings. The number of carbonyl (C=O) groups is 1. The van der Waals surface area contributed by atoms with E-state index in [9.17, 15) is 4.79 Å². The van der Waals surface area contributed by atoms with Crippen LogP contribution < -0.4 is 0 Å². The molecule has 3 aliphatic rings. The molecule has 0 aromatic carbocycles. The van der Waals surface area contributed by atoms with Crippen LogP contribution in [0, 0.1) is 17.3 Å². The molecule has 0 radical (unpaired) electrons. The number of nitrogens with zero attached hydrogens (tertiary/aromatic N) is 3. The summed E-state index contributed by atoms with van der Waals surface area (Å²) >= 11 is 0. The van der Waals surface area contributed by atoms with E-state index in [1.807, 2.05) is 11.1 Å². The molecule has 2 heterocycles. The van der Waals surface area contributed by atoms with Gasteiger partial charge in [-0.2, -0.15) is 0 Å². The Bertz CT molecular complexity index is 592. The van der Waals surface area contributed by atoms with E-state index in [-0.39, 0.29) is 0 Å². The number of amides is 1. The largest absolute Gasteiger partial charge is 0.332 e. The van der Waals surface area contributed by atoms with Gasteiger partial charge >= 0.3 is 0 Å². The molecule has 112 valence electrons. The number of carbonyl (C=O) groups excluding carboxylic acids is 1. The van der Waals surface area contributed by atoms with Crippen molar-refractivity contribution in [1.82, 2.24) is 14.9 Å². The lowest BCUT2D eigenvalue weighted by Crippen LogP contribution is -2.30. The maximum atomic E-state index is 12.6. The topological polar surface area (TPSA) is 46.1 Å². The Balaban J connectivity index is 1.45. The zero-order valence-corrected chi connectivity index (χ0v) is 12.9. The van der Waals surface area contributed by atoms with E-state index in [0.717, 1.165) is 29.9 Å². The Morgan fingerprint density at radius 3 is 2.86 bits per heavy atom. The predicted octanol–water partition coefficient (Wildman–Crippen LogP) is 2.71. The highest BCUT2D eigenvalue weighted by Crippen LogP contribution is 2.66. The van der Waals surface area contributed by atoms with Gasteiger partial charge in [0.25, 0.3) is 0 Å². The molecule has 1 atom stereocenters. The summed E-state index contributed by atoms with van der Waals surface area (Å²) in [6, 6.07) is 0. The molecule has 0 bridgehead atoms. The van der Waals surface area contributed by atoms with E-state index in [1.54, 1.807) is 0 Å². The molecule has 21 heavy (non-hydrogen) atoms. The maximum absolute atomic E-state index is 12.6. The summed E-state index contributed by atoms with van der Waals surface area (Å²) in [7, 11) is 0. The summed E-state index contributed by atoms with van der Waals surface area (Å²) in [5, 5.41) is 0. The van der Waals surface area contributed by atoms with Crippen LogP contribution in [-0.2, 0) is 24.3 Å². The van der Waals surface area contributed by atoms with Crippen LogP contribution in [-0.4, -0.2) is 20.8 Å². The second kappa shape index (κ2) is 4.52. The number of aromatic nitrogens is 2. The van der Waals surface area contributed by atoms with E-state index in [0.29, 0.717) is 36.2 Å². The van der Waals surface area contributed by atoms with Crippen molar-refractivity contribution in [3.05, 3.63) is 23.3 Å². The Morgan fingerprint density at radius 1 is 1.43 bits per heavy atom. The predicted molar refractivity (Wildman–Crippen MR) is 79.2 cm³/mol. The molecule has 1 aliphatic heterocycles. The average Bonchev–Trinajstić information content (AvgIpc) is 3.03. The summed E-state index contributed by atoms with van der Waals surface area (Å²) in [6.45, 7) is 5.76. The summed E-state index contributed by atoms with van der Waals surface area (Å²) in [5.74, 6) is 2.15. The first-order valence-electron chi connectivity index (χ1n) is 8.20. The molecule has 4 nitrogen and oxygen atoms in total. The van der Waals surface area contributed by atoms with Crippen LogP contribution >= 0.6 is 0 Å². The van der Waals surface area contributed by atoms with Gasteiger partial charge in [-0.15, -0.1) is 0 Å². The van der Waals surface area contributed by atoms with Crippen LogP contribution in [0.3, 0.4) is 0 Å². The lowest BCUT2D eigenvalue weighted by atomic mass is 9.79. The van der Waals surface area contributed by atoms with Gasteiger partial charge in [-0.1, -0.05) is 20.3 Å². The van der Waals surface area contributed by atoms with E-state index >= 15 is 0 Å². The SMILES string of the molecule is CC(C)Cc1ncc2c(n1)CN(C(=O)C1CC13CCC3)C2. The van der Waals surface area contributed by atoms with Crippen molar-refractivity contribution in [2.24, 2.45) is 17.3 Å². The van der Waals surface area contributed by atoms with Crippen molar-refractivity contribution >= 4 is 5.91 Å². The zero-order chi connectivity index (χ0) is 14.6. The number of hydrogen-bond donors (Lipinski definition) is 0. The molecule has 1 unspecified atom stereocenters. The van der Waals surface area contributed by atoms with Crippen molar-refractivity contribution in [3.8, 4) is 0 Å². The quantitative estimate of drug-likeness (QED) is 0.858. The maximum Gasteiger partial charge on any atom is 0.226 e. The van der Waals surface area contributed by atoms with E-state index in [1.165, 1.54) is 19.3 Å². The van der Waals surface area contributed by atoms with E-state index in [2.05, 4.69) is 23.8 Å². The highest BCUT2D eigenvalue weighted by Gasteiger charge is 2.61. The first-order valence-corrected chi connectivity index (χ1v) is 8.20. The Hall–Kier alpha value is -1.45. The van der Waals surface area contributed by atoms with Gasteiger partial charge in [0.15, 0.2) is 0 Å². The molecule has 1 spiro atoms. The minimum atomic E-state index is 0.309. The first kappa shape index (κ1) is 13.2. The molecule has 4 heteroatoms. The van der Waals surface area contributed by atoms with Gasteiger partial charge in [0.1, 0.15) is 5.82 Å². The van der Waals surface area contributed by atoms with Crippen molar-refractivity contribution in [2.45, 2.75) is 59.0 Å². The summed E-state index contributed by atoms with van der Waals surface area (Å²) in [6.07, 6.45) is 7.81. The van der Waals surface area contributed by atoms with Crippen LogP contribution in [0.25, 0.3) is 0 Å². The fraction of sp³-hybridized carbons (Fsp3) is 0.706. The third-order valence-corrected chi connectivity index (χ3v) is 5.45. The number of rotatable bonds is 3. The van der Waals surface area contributed by atoms with Gasteiger partial charge in [0.2, 0.25) is 5.91 Å². The highest BCUT2D eigenvalue weighted by atomic mass is 16.2. The monoisotopic (exact) mass is 285 g/mol. The average molecular weight is 285 g/mol. The van der Waals surface area contributed by atoms with Crippen molar-refractivity contribution in [2.75, 3.05) is 0 Å². The lowest BCUT2D eigenvalue weighted by Gasteiger charge is -2.27. The minimum Gasteiger partial charge on any atom is -0.332 e. The molecule has 0 N–H and O–H groups in total. The van der Waals surface area contributed by atoms with Crippen molar-refractivity contribution in [1.29, 1.82) is 0 Å². The second-order valence-corrected chi connectivity index (χ2v) is 7.52. The van der Waals surface area contributed by atoms with Crippen molar-refractivity contribution < 1.29 is 4.79 Å². The molecule has 1 amide bonds. The Labute approximate surface area is 126 Å². The Morgan fingerprint density at radius 2 is 2.24 bits per heavy atom. The van der Waals surface area contributed by atoms with Gasteiger partial charge in [-0.05, 0) is 30.6 Å². The van der Waals surface area contributed by atoms with E-state index in [4.69, 9.17) is 0 Å². The molecule has 4 rings (SSSR count). The fourth-order valence-electron chi connectivity index (χ4n) is 3.91. The standard InChI is InChI=1S/C17H23N3O/c1-11(2)6-15-18-8-12-9-20(10-14(12)19-15)16(21)13-7-17(13)4-3-5-17/h8,11,13H,3-7,9-10H2,1-2H3. The lowest BCUT2D eigenvalue weighted by molar-refractivity contribution is -0.134. The van der Waals surface area contributed by atoms with Crippen LogP contribution in [0.15, 0.2) is 6.20 Å². The van der Waals surface area contributed by atoms with Crippen LogP contribution in [0.4, 0.5) is 0 Å². The molecule has 2 saturated carbocycles. The minimum absolute atomic E-state index is 0.309. The van der Waals surface area contributed by atoms with Crippen LogP contribution in [0.5, 0.6) is 0 Å². The van der Waals surface area contributed by atoms with Gasteiger partial charge < -0.3 is 4.90 Å². The smallest absolute Gasteiger partial charge is 0.226 e. The van der Waals surface area contributed by atoms with Gasteiger partial charge in [-0.3, -0.25) is 4.79 Å². The van der Waals surface area contributed by atoms with Gasteiger partial charge in [0, 0.05) is 30.6 Å². The summed E-state index contributed by atoms with van der Waals surface area (Å²) < 4.78 is 0. The zero-order valence-electron chi connectivity index (χ0n) is 12.9. The molecular formula is C17H23N3O. The Kier molecular flexibility index (Phi) is 2.85. The van der Waals surface area contributed by atoms with E-state index < -0.39 is 0 Å². The first-order chi connectivity index (χ1) is 10.1. The summed E-state index contributed by atoms with van der Waals surface area (Å²) in [4.78, 5) is 23.7. The molecule has 1 aromatic rings. The molecule has 2 aliphatic carbocycles. The third-order valence-electron chi connectivity index (χ3n) is 5.45. The normalized spacial score (nSPS) is 25.1. The number of fused-ring (bicyclic) bond motifs is 1. The van der Waals surface area contributed by atoms with Gasteiger partial charge in [-0.25, -0.2) is 9.97 Å². The molecule has 0 saturated heterocycles. The van der Waals surface area contributed by atoms with Crippen LogP contribution in [0.2, 0.25) is 0 Å². The number of hydrogen-bond acceptors (Lipinski definition) is 3. The molecular weight excluding hydrogens is 262 g/mol. The highest BCUT2D eigenvalue weighted by molar-refractivity contribution is 5.83.